The molecule has 0 fully saturated rings. The molecule has 132 valence electrons. The van der Waals surface area contributed by atoms with Gasteiger partial charge in [-0.2, -0.15) is 0 Å². The second kappa shape index (κ2) is 6.57. The number of furan rings is 1. The molecule has 0 radical (unpaired) electrons. The SMILES string of the molecule is c1ccc(-c2c(CCNc3ncnc4nc[nH]c34)oc3ccccc23)cc1. The fourth-order valence-electron chi connectivity index (χ4n) is 3.39. The Labute approximate surface area is 155 Å². The standard InChI is InChI=1S/C21H17N5O/c1-2-6-14(7-3-1)18-15-8-4-5-9-16(15)27-17(18)10-11-22-20-19-21(24-12-23-19)26-13-25-20/h1-9,12-13H,10-11H2,(H2,22,23,24,25,26). The number of nitrogens with zero attached hydrogens (tertiary/aromatic N) is 3. The molecule has 5 aromatic rings. The number of benzene rings is 2. The van der Waals surface area contributed by atoms with Crippen LogP contribution < -0.4 is 5.32 Å². The molecule has 6 nitrogen and oxygen atoms in total. The minimum absolute atomic E-state index is 0.654. The Kier molecular flexibility index (Phi) is 3.79. The summed E-state index contributed by atoms with van der Waals surface area (Å²) in [6.07, 6.45) is 3.87. The number of para-hydroxylation sites is 1. The molecule has 3 aromatic heterocycles. The van der Waals surface area contributed by atoms with Crippen molar-refractivity contribution in [1.29, 1.82) is 0 Å². The van der Waals surface area contributed by atoms with Crippen LogP contribution in [0.5, 0.6) is 0 Å². The average molecular weight is 355 g/mol. The number of hydrogen-bond donors (Lipinski definition) is 2. The monoisotopic (exact) mass is 355 g/mol. The lowest BCUT2D eigenvalue weighted by molar-refractivity contribution is 0.554. The minimum Gasteiger partial charge on any atom is -0.460 e. The topological polar surface area (TPSA) is 79.6 Å². The number of nitrogens with one attached hydrogen (secondary N) is 2. The van der Waals surface area contributed by atoms with Crippen molar-refractivity contribution in [2.75, 3.05) is 11.9 Å². The lowest BCUT2D eigenvalue weighted by atomic mass is 10.0. The van der Waals surface area contributed by atoms with Crippen molar-refractivity contribution < 1.29 is 4.42 Å². The van der Waals surface area contributed by atoms with Crippen LogP contribution >= 0.6 is 0 Å². The van der Waals surface area contributed by atoms with Crippen LogP contribution in [0.25, 0.3) is 33.3 Å². The Morgan fingerprint density at radius 2 is 1.78 bits per heavy atom. The first-order valence-corrected chi connectivity index (χ1v) is 8.84. The smallest absolute Gasteiger partial charge is 0.182 e. The van der Waals surface area contributed by atoms with Gasteiger partial charge in [-0.25, -0.2) is 15.0 Å². The number of fused-ring (bicyclic) bond motifs is 2. The Morgan fingerprint density at radius 1 is 0.926 bits per heavy atom. The molecule has 2 N–H and O–H groups in total. The molecule has 3 heterocycles. The fraction of sp³-hybridized carbons (Fsp3) is 0.0952. The van der Waals surface area contributed by atoms with Gasteiger partial charge in [0.15, 0.2) is 11.5 Å². The van der Waals surface area contributed by atoms with E-state index in [-0.39, 0.29) is 0 Å². The molecule has 0 spiro atoms. The summed E-state index contributed by atoms with van der Waals surface area (Å²) in [4.78, 5) is 15.7. The molecule has 0 saturated heterocycles. The molecule has 27 heavy (non-hydrogen) atoms. The van der Waals surface area contributed by atoms with Gasteiger partial charge in [0.25, 0.3) is 0 Å². The van der Waals surface area contributed by atoms with Crippen LogP contribution in [0.2, 0.25) is 0 Å². The van der Waals surface area contributed by atoms with Gasteiger partial charge < -0.3 is 14.7 Å². The molecule has 0 saturated carbocycles. The van der Waals surface area contributed by atoms with Gasteiger partial charge in [0, 0.05) is 23.9 Å². The highest BCUT2D eigenvalue weighted by Crippen LogP contribution is 2.35. The zero-order valence-corrected chi connectivity index (χ0v) is 14.5. The number of rotatable bonds is 5. The van der Waals surface area contributed by atoms with Gasteiger partial charge >= 0.3 is 0 Å². The highest BCUT2D eigenvalue weighted by atomic mass is 16.3. The van der Waals surface area contributed by atoms with Gasteiger partial charge in [0.1, 0.15) is 23.2 Å². The average Bonchev–Trinajstić information content (AvgIpc) is 3.33. The van der Waals surface area contributed by atoms with Gasteiger partial charge in [-0.05, 0) is 11.6 Å². The van der Waals surface area contributed by atoms with Crippen LogP contribution in [0.3, 0.4) is 0 Å². The zero-order chi connectivity index (χ0) is 18.1. The summed E-state index contributed by atoms with van der Waals surface area (Å²) in [7, 11) is 0. The van der Waals surface area contributed by atoms with E-state index >= 15 is 0 Å². The van der Waals surface area contributed by atoms with E-state index in [0.29, 0.717) is 12.2 Å². The molecule has 0 amide bonds. The lowest BCUT2D eigenvalue weighted by Crippen LogP contribution is -2.07. The van der Waals surface area contributed by atoms with Gasteiger partial charge in [-0.1, -0.05) is 48.5 Å². The van der Waals surface area contributed by atoms with Crippen molar-refractivity contribution >= 4 is 28.0 Å². The van der Waals surface area contributed by atoms with Gasteiger partial charge in [-0.3, -0.25) is 0 Å². The molecule has 0 bridgehead atoms. The second-order valence-electron chi connectivity index (χ2n) is 6.26. The van der Waals surface area contributed by atoms with Crippen molar-refractivity contribution in [1.82, 2.24) is 19.9 Å². The van der Waals surface area contributed by atoms with Crippen molar-refractivity contribution in [2.24, 2.45) is 0 Å². The first-order chi connectivity index (χ1) is 13.4. The normalized spacial score (nSPS) is 11.3. The van der Waals surface area contributed by atoms with Crippen LogP contribution in [-0.2, 0) is 6.42 Å². The minimum atomic E-state index is 0.654. The third-order valence-corrected chi connectivity index (χ3v) is 4.60. The highest BCUT2D eigenvalue weighted by Gasteiger charge is 2.15. The molecule has 0 unspecified atom stereocenters. The molecule has 0 aliphatic carbocycles. The number of aromatic amines is 1. The zero-order valence-electron chi connectivity index (χ0n) is 14.5. The summed E-state index contributed by atoms with van der Waals surface area (Å²) in [5.41, 5.74) is 4.69. The Hall–Kier alpha value is -3.67. The third kappa shape index (κ3) is 2.81. The number of hydrogen-bond acceptors (Lipinski definition) is 5. The predicted molar refractivity (Wildman–Crippen MR) is 106 cm³/mol. The summed E-state index contributed by atoms with van der Waals surface area (Å²) >= 11 is 0. The van der Waals surface area contributed by atoms with E-state index in [1.54, 1.807) is 6.33 Å². The van der Waals surface area contributed by atoms with E-state index in [4.69, 9.17) is 4.42 Å². The highest BCUT2D eigenvalue weighted by molar-refractivity contribution is 5.95. The molecule has 2 aromatic carbocycles. The number of aromatic nitrogens is 4. The van der Waals surface area contributed by atoms with E-state index in [2.05, 4.69) is 55.6 Å². The van der Waals surface area contributed by atoms with Gasteiger partial charge in [0.2, 0.25) is 0 Å². The lowest BCUT2D eigenvalue weighted by Gasteiger charge is -2.07. The molecule has 0 aliphatic rings. The van der Waals surface area contributed by atoms with Crippen molar-refractivity contribution in [3.8, 4) is 11.1 Å². The van der Waals surface area contributed by atoms with E-state index in [9.17, 15) is 0 Å². The molecule has 5 rings (SSSR count). The summed E-state index contributed by atoms with van der Waals surface area (Å²) in [5, 5.41) is 4.50. The van der Waals surface area contributed by atoms with Crippen molar-refractivity contribution in [2.45, 2.75) is 6.42 Å². The van der Waals surface area contributed by atoms with Crippen LogP contribution in [0, 0.1) is 0 Å². The number of H-pyrrole nitrogens is 1. The van der Waals surface area contributed by atoms with Gasteiger partial charge in [0.05, 0.1) is 6.33 Å². The van der Waals surface area contributed by atoms with E-state index < -0.39 is 0 Å². The second-order valence-corrected chi connectivity index (χ2v) is 6.26. The maximum absolute atomic E-state index is 6.17. The number of imidazole rings is 1. The largest absolute Gasteiger partial charge is 0.460 e. The summed E-state index contributed by atoms with van der Waals surface area (Å²) in [6.45, 7) is 0.685. The molecule has 0 aliphatic heterocycles. The third-order valence-electron chi connectivity index (χ3n) is 4.60. The van der Waals surface area contributed by atoms with Crippen LogP contribution in [-0.4, -0.2) is 26.5 Å². The van der Waals surface area contributed by atoms with Crippen molar-refractivity contribution in [3.05, 3.63) is 73.0 Å². The Balaban J connectivity index is 1.46. The van der Waals surface area contributed by atoms with E-state index in [1.807, 2.05) is 24.3 Å². The molecule has 0 atom stereocenters. The molecule has 6 heteroatoms. The fourth-order valence-corrected chi connectivity index (χ4v) is 3.39. The maximum atomic E-state index is 6.17. The predicted octanol–water partition coefficient (Wildman–Crippen LogP) is 4.42. The van der Waals surface area contributed by atoms with E-state index in [1.165, 1.54) is 6.33 Å². The van der Waals surface area contributed by atoms with Crippen molar-refractivity contribution in [3.63, 3.8) is 0 Å². The maximum Gasteiger partial charge on any atom is 0.182 e. The summed E-state index contributed by atoms with van der Waals surface area (Å²) < 4.78 is 6.17. The quantitative estimate of drug-likeness (QED) is 0.488. The Morgan fingerprint density at radius 3 is 2.70 bits per heavy atom. The van der Waals surface area contributed by atoms with Crippen LogP contribution in [0.4, 0.5) is 5.82 Å². The molecular formula is C21H17N5O. The first-order valence-electron chi connectivity index (χ1n) is 8.84. The van der Waals surface area contributed by atoms with Crippen LogP contribution in [0.15, 0.2) is 71.7 Å². The number of anilines is 1. The molecular weight excluding hydrogens is 338 g/mol. The summed E-state index contributed by atoms with van der Waals surface area (Å²) in [6, 6.07) is 18.5. The van der Waals surface area contributed by atoms with E-state index in [0.717, 1.165) is 45.6 Å². The van der Waals surface area contributed by atoms with Crippen LogP contribution in [0.1, 0.15) is 5.76 Å². The Bertz CT molecular complexity index is 1210. The summed E-state index contributed by atoms with van der Waals surface area (Å²) in [5.74, 6) is 1.71. The first kappa shape index (κ1) is 15.6. The van der Waals surface area contributed by atoms with Gasteiger partial charge in [-0.15, -0.1) is 0 Å².